The lowest BCUT2D eigenvalue weighted by Crippen LogP contribution is -2.48. The molecular formula is C48H56N10O8S2. The predicted molar refractivity (Wildman–Crippen MR) is 252 cm³/mol. The number of nitrogens with zero attached hydrogens (tertiary/aromatic N) is 8. The van der Waals surface area contributed by atoms with Crippen LogP contribution < -0.4 is 10.6 Å². The number of ether oxygens (including phenoxy) is 1. The number of hydrogen-bond donors (Lipinski definition) is 3. The molecule has 0 saturated carbocycles. The van der Waals surface area contributed by atoms with Crippen LogP contribution in [0, 0.1) is 32.6 Å². The van der Waals surface area contributed by atoms with Crippen LogP contribution in [0.5, 0.6) is 0 Å². The van der Waals surface area contributed by atoms with E-state index in [1.165, 1.54) is 9.80 Å². The van der Waals surface area contributed by atoms with E-state index in [2.05, 4.69) is 40.9 Å². The number of carbonyl (C=O) groups excluding carboxylic acids is 4. The Hall–Kier alpha value is -6.22. The van der Waals surface area contributed by atoms with Gasteiger partial charge in [-0.3, -0.25) is 19.2 Å². The van der Waals surface area contributed by atoms with Gasteiger partial charge in [0.25, 0.3) is 0 Å². The highest BCUT2D eigenvalue weighted by Crippen LogP contribution is 2.34. The minimum atomic E-state index is -0.915. The number of carbonyl (C=O) groups is 4. The molecule has 2 aliphatic heterocycles. The number of aryl methyl sites for hydroxylation is 3. The van der Waals surface area contributed by atoms with Gasteiger partial charge in [0.2, 0.25) is 41.3 Å². The van der Waals surface area contributed by atoms with E-state index in [-0.39, 0.29) is 92.8 Å². The van der Waals surface area contributed by atoms with E-state index < -0.39 is 42.0 Å². The molecule has 6 heterocycles. The number of nitrogens with one attached hydrogen (secondary N) is 2. The monoisotopic (exact) mass is 964 g/mol. The third-order valence-electron chi connectivity index (χ3n) is 12.4. The molecule has 68 heavy (non-hydrogen) atoms. The van der Waals surface area contributed by atoms with Gasteiger partial charge < -0.3 is 39.2 Å². The van der Waals surface area contributed by atoms with E-state index in [9.17, 15) is 24.3 Å². The Bertz CT molecular complexity index is 2710. The summed E-state index contributed by atoms with van der Waals surface area (Å²) >= 11 is 3.14. The molecule has 3 N–H and O–H groups in total. The zero-order chi connectivity index (χ0) is 48.2. The number of aromatic nitrogens is 6. The average Bonchev–Trinajstić information content (AvgIpc) is 4.19. The maximum absolute atomic E-state index is 14.4. The molecule has 0 spiro atoms. The Morgan fingerprint density at radius 3 is 1.78 bits per heavy atom. The van der Waals surface area contributed by atoms with E-state index in [1.54, 1.807) is 29.6 Å². The zero-order valence-electron chi connectivity index (χ0n) is 39.0. The molecule has 20 heteroatoms. The number of aliphatic hydroxyl groups excluding tert-OH is 1. The molecule has 2 aliphatic rings. The predicted octanol–water partition coefficient (Wildman–Crippen LogP) is 5.88. The van der Waals surface area contributed by atoms with Gasteiger partial charge in [0.1, 0.15) is 30.5 Å². The third-order valence-corrected chi connectivity index (χ3v) is 14.4. The summed E-state index contributed by atoms with van der Waals surface area (Å²) in [6.07, 6.45) is -1.22. The smallest absolute Gasteiger partial charge is 0.243 e. The van der Waals surface area contributed by atoms with Gasteiger partial charge in [-0.15, -0.1) is 32.9 Å². The lowest BCUT2D eigenvalue weighted by molar-refractivity contribution is -0.141. The molecule has 4 aromatic heterocycles. The summed E-state index contributed by atoms with van der Waals surface area (Å²) in [6, 6.07) is 14.0. The van der Waals surface area contributed by atoms with Crippen LogP contribution >= 0.6 is 22.7 Å². The van der Waals surface area contributed by atoms with Crippen LogP contribution in [0.4, 0.5) is 0 Å². The molecule has 2 saturated heterocycles. The summed E-state index contributed by atoms with van der Waals surface area (Å²) < 4.78 is 17.6. The Kier molecular flexibility index (Phi) is 14.9. The minimum Gasteiger partial charge on any atom is -0.422 e. The standard InChI is InChI=1S/C48H56N10O8S2/c1-25(2)39(43-53-29(7)66-56-43)47(62)58-21-35(17-37(58)45(61)50-19-31-10-14-33(15-11-31)42-28(6)52-24-68-42)64-22-38-54-55-46(65-38)40(26(3)4)48(63)57-20-34(59)16-36(57)44(60)49-18-30-8-12-32(13-9-30)41-27(5)51-23-67-41/h8-15,23-26,34-37,39-40,59H,16-22H2,1-7H3,(H,49,60)(H,50,61)/t34-,35-,36+,37+,39-,40-/m1/s1. The first-order valence-corrected chi connectivity index (χ1v) is 24.5. The SMILES string of the molecule is Cc1nc([C@H](C(=O)N2C[C@H](OCc3nnc([C@H](C(=O)N4C[C@H](O)C[C@H]4C(=O)NCc4ccc(-c5scnc5C)cc4)C(C)C)o3)C[C@H]2C(=O)NCc2ccc(-c3scnc3C)cc2)C(C)C)no1. The van der Waals surface area contributed by atoms with Crippen molar-refractivity contribution in [2.45, 2.75) is 117 Å². The Morgan fingerprint density at radius 2 is 1.28 bits per heavy atom. The van der Waals surface area contributed by atoms with Crippen molar-refractivity contribution in [2.75, 3.05) is 13.1 Å². The first-order valence-electron chi connectivity index (χ1n) is 22.7. The molecular weight excluding hydrogens is 909 g/mol. The molecule has 0 unspecified atom stereocenters. The van der Waals surface area contributed by atoms with Crippen molar-refractivity contribution in [3.05, 3.63) is 106 Å². The molecule has 0 radical (unpaired) electrons. The summed E-state index contributed by atoms with van der Waals surface area (Å²) in [5, 5.41) is 29.2. The zero-order valence-corrected chi connectivity index (χ0v) is 40.7. The van der Waals surface area contributed by atoms with Gasteiger partial charge in [-0.2, -0.15) is 4.98 Å². The largest absolute Gasteiger partial charge is 0.422 e. The van der Waals surface area contributed by atoms with Crippen molar-refractivity contribution in [3.63, 3.8) is 0 Å². The van der Waals surface area contributed by atoms with Crippen molar-refractivity contribution in [3.8, 4) is 20.9 Å². The minimum absolute atomic E-state index is 0.0255. The highest BCUT2D eigenvalue weighted by molar-refractivity contribution is 7.13. The van der Waals surface area contributed by atoms with Crippen molar-refractivity contribution in [1.82, 2.24) is 50.7 Å². The lowest BCUT2D eigenvalue weighted by Gasteiger charge is -2.28. The van der Waals surface area contributed by atoms with E-state index in [0.717, 1.165) is 43.4 Å². The molecule has 0 bridgehead atoms. The molecule has 2 aromatic carbocycles. The maximum atomic E-state index is 14.4. The molecule has 6 aromatic rings. The number of hydrogen-bond acceptors (Lipinski definition) is 16. The van der Waals surface area contributed by atoms with Gasteiger partial charge in [-0.05, 0) is 47.9 Å². The highest BCUT2D eigenvalue weighted by Gasteiger charge is 2.46. The fourth-order valence-electron chi connectivity index (χ4n) is 8.84. The van der Waals surface area contributed by atoms with E-state index in [0.29, 0.717) is 5.89 Å². The normalized spacial score (nSPS) is 19.2. The summed E-state index contributed by atoms with van der Waals surface area (Å²) in [7, 11) is 0. The van der Waals surface area contributed by atoms with Crippen LogP contribution in [0.1, 0.15) is 98.4 Å². The second-order valence-electron chi connectivity index (χ2n) is 18.1. The van der Waals surface area contributed by atoms with Crippen LogP contribution in [0.25, 0.3) is 20.9 Å². The van der Waals surface area contributed by atoms with Gasteiger partial charge in [0, 0.05) is 45.9 Å². The quantitative estimate of drug-likeness (QED) is 0.0969. The van der Waals surface area contributed by atoms with Crippen molar-refractivity contribution in [1.29, 1.82) is 0 Å². The fraction of sp³-hybridized carbons (Fsp3) is 0.458. The average molecular weight is 965 g/mol. The number of benzene rings is 2. The Balaban J connectivity index is 0.915. The van der Waals surface area contributed by atoms with Gasteiger partial charge >= 0.3 is 0 Å². The number of thiazole rings is 2. The summed E-state index contributed by atoms with van der Waals surface area (Å²) in [4.78, 5) is 74.4. The van der Waals surface area contributed by atoms with Gasteiger partial charge in [-0.25, -0.2) is 9.97 Å². The first-order chi connectivity index (χ1) is 32.6. The van der Waals surface area contributed by atoms with E-state index >= 15 is 0 Å². The molecule has 0 aliphatic carbocycles. The highest BCUT2D eigenvalue weighted by atomic mass is 32.1. The Labute approximate surface area is 401 Å². The molecule has 4 amide bonds. The number of likely N-dealkylation sites (tertiary alicyclic amines) is 2. The van der Waals surface area contributed by atoms with Crippen molar-refractivity contribution >= 4 is 46.3 Å². The molecule has 8 rings (SSSR count). The van der Waals surface area contributed by atoms with Crippen LogP contribution in [0.15, 0.2) is 68.5 Å². The Morgan fingerprint density at radius 1 is 0.750 bits per heavy atom. The van der Waals surface area contributed by atoms with Crippen LogP contribution in [-0.2, 0) is 43.6 Å². The molecule has 2 fully saturated rings. The second-order valence-corrected chi connectivity index (χ2v) is 19.8. The van der Waals surface area contributed by atoms with Crippen molar-refractivity contribution < 1.29 is 38.0 Å². The van der Waals surface area contributed by atoms with Crippen LogP contribution in [0.3, 0.4) is 0 Å². The van der Waals surface area contributed by atoms with Crippen LogP contribution in [-0.4, -0.2) is 106 Å². The van der Waals surface area contributed by atoms with E-state index in [1.807, 2.05) is 101 Å². The number of aliphatic hydroxyl groups is 1. The van der Waals surface area contributed by atoms with Gasteiger partial charge in [-0.1, -0.05) is 81.4 Å². The van der Waals surface area contributed by atoms with Crippen LogP contribution in [0.2, 0.25) is 0 Å². The van der Waals surface area contributed by atoms with E-state index in [4.69, 9.17) is 13.7 Å². The summed E-state index contributed by atoms with van der Waals surface area (Å²) in [5.41, 5.74) is 9.40. The lowest BCUT2D eigenvalue weighted by atomic mass is 9.93. The topological polar surface area (TPSA) is 232 Å². The first kappa shape index (κ1) is 48.2. The summed E-state index contributed by atoms with van der Waals surface area (Å²) in [5.74, 6) is -2.97. The summed E-state index contributed by atoms with van der Waals surface area (Å²) in [6.45, 7) is 13.4. The number of amides is 4. The van der Waals surface area contributed by atoms with Gasteiger partial charge in [0.15, 0.2) is 5.82 Å². The number of β-amino-alcohol motifs (C(OH)–C–C–N with tert-alkyl or cyclic N) is 1. The molecule has 358 valence electrons. The second kappa shape index (κ2) is 21.0. The number of rotatable bonds is 17. The maximum Gasteiger partial charge on any atom is 0.243 e. The molecule has 6 atom stereocenters. The molecule has 18 nitrogen and oxygen atoms in total. The fourth-order valence-corrected chi connectivity index (χ4v) is 10.5. The van der Waals surface area contributed by atoms with Crippen molar-refractivity contribution in [2.24, 2.45) is 11.8 Å². The van der Waals surface area contributed by atoms with Gasteiger partial charge in [0.05, 0.1) is 44.4 Å². The third kappa shape index (κ3) is 10.7.